The van der Waals surface area contributed by atoms with Gasteiger partial charge in [0.15, 0.2) is 0 Å². The second-order valence-electron chi connectivity index (χ2n) is 3.25. The minimum Gasteiger partial charge on any atom is -0.380 e. The Morgan fingerprint density at radius 3 is 2.93 bits per heavy atom. The molecule has 0 spiro atoms. The summed E-state index contributed by atoms with van der Waals surface area (Å²) >= 11 is 3.35. The van der Waals surface area contributed by atoms with Crippen LogP contribution in [0.3, 0.4) is 0 Å². The van der Waals surface area contributed by atoms with Gasteiger partial charge in [0.1, 0.15) is 11.6 Å². The highest BCUT2D eigenvalue weighted by Gasteiger charge is 2.20. The van der Waals surface area contributed by atoms with E-state index in [9.17, 15) is 8.78 Å². The first-order valence-corrected chi connectivity index (χ1v) is 5.29. The van der Waals surface area contributed by atoms with Crippen LogP contribution in [0.2, 0.25) is 0 Å². The van der Waals surface area contributed by atoms with Crippen LogP contribution >= 0.6 is 15.9 Å². The van der Waals surface area contributed by atoms with Crippen molar-refractivity contribution in [1.82, 2.24) is 0 Å². The van der Waals surface area contributed by atoms with Crippen molar-refractivity contribution in [3.63, 3.8) is 0 Å². The van der Waals surface area contributed by atoms with Crippen LogP contribution in [-0.4, -0.2) is 13.2 Å². The Bertz CT molecular complexity index is 354. The SMILES string of the molecule is Fc1cc(F)c2c(c1)C(Br)COCC2. The van der Waals surface area contributed by atoms with Crippen molar-refractivity contribution in [2.45, 2.75) is 11.2 Å². The van der Waals surface area contributed by atoms with Crippen LogP contribution in [-0.2, 0) is 11.2 Å². The minimum atomic E-state index is -0.535. The largest absolute Gasteiger partial charge is 0.380 e. The van der Waals surface area contributed by atoms with Gasteiger partial charge in [-0.1, -0.05) is 15.9 Å². The normalized spacial score (nSPS) is 21.5. The lowest BCUT2D eigenvalue weighted by Crippen LogP contribution is -2.01. The molecule has 0 aliphatic carbocycles. The van der Waals surface area contributed by atoms with E-state index >= 15 is 0 Å². The van der Waals surface area contributed by atoms with Crippen LogP contribution < -0.4 is 0 Å². The minimum absolute atomic E-state index is 0.120. The summed E-state index contributed by atoms with van der Waals surface area (Å²) in [6.45, 7) is 0.938. The van der Waals surface area contributed by atoms with E-state index in [-0.39, 0.29) is 4.83 Å². The van der Waals surface area contributed by atoms with Crippen LogP contribution in [0.4, 0.5) is 8.78 Å². The summed E-state index contributed by atoms with van der Waals surface area (Å²) in [5.41, 5.74) is 1.23. The maximum atomic E-state index is 13.4. The van der Waals surface area contributed by atoms with Crippen LogP contribution in [0.15, 0.2) is 12.1 Å². The van der Waals surface area contributed by atoms with Gasteiger partial charge in [-0.25, -0.2) is 8.78 Å². The highest BCUT2D eigenvalue weighted by atomic mass is 79.9. The fraction of sp³-hybridized carbons (Fsp3) is 0.400. The molecule has 1 unspecified atom stereocenters. The zero-order chi connectivity index (χ0) is 10.1. The molecule has 1 aromatic rings. The molecule has 0 amide bonds. The molecule has 1 aromatic carbocycles. The summed E-state index contributed by atoms with van der Waals surface area (Å²) in [5, 5.41) is 0. The predicted molar refractivity (Wildman–Crippen MR) is 52.5 cm³/mol. The van der Waals surface area contributed by atoms with Crippen molar-refractivity contribution in [1.29, 1.82) is 0 Å². The molecule has 1 atom stereocenters. The molecule has 0 bridgehead atoms. The van der Waals surface area contributed by atoms with Gasteiger partial charge in [-0.2, -0.15) is 0 Å². The number of fused-ring (bicyclic) bond motifs is 1. The Hall–Kier alpha value is -0.480. The van der Waals surface area contributed by atoms with Crippen molar-refractivity contribution in [2.75, 3.05) is 13.2 Å². The second-order valence-corrected chi connectivity index (χ2v) is 4.35. The van der Waals surface area contributed by atoms with Gasteiger partial charge in [-0.05, 0) is 23.6 Å². The van der Waals surface area contributed by atoms with Gasteiger partial charge in [-0.15, -0.1) is 0 Å². The van der Waals surface area contributed by atoms with Crippen molar-refractivity contribution < 1.29 is 13.5 Å². The molecule has 0 saturated heterocycles. The maximum Gasteiger partial charge on any atom is 0.129 e. The third-order valence-corrected chi connectivity index (χ3v) is 3.05. The van der Waals surface area contributed by atoms with E-state index in [1.165, 1.54) is 6.07 Å². The van der Waals surface area contributed by atoms with Gasteiger partial charge in [0, 0.05) is 6.07 Å². The number of hydrogen-bond donors (Lipinski definition) is 0. The molecule has 76 valence electrons. The molecule has 0 N–H and O–H groups in total. The van der Waals surface area contributed by atoms with Crippen molar-refractivity contribution in [2.24, 2.45) is 0 Å². The van der Waals surface area contributed by atoms with Gasteiger partial charge >= 0.3 is 0 Å². The van der Waals surface area contributed by atoms with E-state index in [4.69, 9.17) is 4.74 Å². The monoisotopic (exact) mass is 262 g/mol. The quantitative estimate of drug-likeness (QED) is 0.654. The summed E-state index contributed by atoms with van der Waals surface area (Å²) < 4.78 is 31.6. The van der Waals surface area contributed by atoms with E-state index < -0.39 is 11.6 Å². The van der Waals surface area contributed by atoms with Crippen LogP contribution in [0.1, 0.15) is 16.0 Å². The number of rotatable bonds is 0. The molecule has 0 fully saturated rings. The maximum absolute atomic E-state index is 13.4. The summed E-state index contributed by atoms with van der Waals surface area (Å²) in [7, 11) is 0. The Morgan fingerprint density at radius 1 is 1.36 bits per heavy atom. The van der Waals surface area contributed by atoms with E-state index in [1.807, 2.05) is 0 Å². The number of halogens is 3. The Balaban J connectivity index is 2.53. The highest BCUT2D eigenvalue weighted by Crippen LogP contribution is 2.31. The molecule has 1 aliphatic rings. The van der Waals surface area contributed by atoms with Crippen molar-refractivity contribution in [3.05, 3.63) is 34.9 Å². The first-order valence-electron chi connectivity index (χ1n) is 4.38. The first-order chi connectivity index (χ1) is 6.68. The van der Waals surface area contributed by atoms with E-state index in [1.54, 1.807) is 0 Å². The third kappa shape index (κ3) is 1.81. The third-order valence-electron chi connectivity index (χ3n) is 2.29. The average Bonchev–Trinajstić information content (AvgIpc) is 2.29. The van der Waals surface area contributed by atoms with Crippen LogP contribution in [0, 0.1) is 11.6 Å². The summed E-state index contributed by atoms with van der Waals surface area (Å²) in [4.78, 5) is -0.120. The lowest BCUT2D eigenvalue weighted by atomic mass is 10.0. The molecule has 0 saturated carbocycles. The van der Waals surface area contributed by atoms with Gasteiger partial charge in [-0.3, -0.25) is 0 Å². The molecule has 4 heteroatoms. The topological polar surface area (TPSA) is 9.23 Å². The van der Waals surface area contributed by atoms with Crippen molar-refractivity contribution in [3.8, 4) is 0 Å². The Labute approximate surface area is 89.2 Å². The number of alkyl halides is 1. The molecule has 14 heavy (non-hydrogen) atoms. The zero-order valence-corrected chi connectivity index (χ0v) is 8.98. The predicted octanol–water partition coefficient (Wildman–Crippen LogP) is 2.97. The lowest BCUT2D eigenvalue weighted by molar-refractivity contribution is 0.145. The summed E-state index contributed by atoms with van der Waals surface area (Å²) in [6.07, 6.45) is 0.504. The van der Waals surface area contributed by atoms with E-state index in [0.29, 0.717) is 30.8 Å². The molecule has 1 heterocycles. The number of hydrogen-bond acceptors (Lipinski definition) is 1. The summed E-state index contributed by atoms with van der Waals surface area (Å²) in [6, 6.07) is 2.29. The number of ether oxygens (including phenoxy) is 1. The second kappa shape index (κ2) is 3.95. The van der Waals surface area contributed by atoms with Crippen LogP contribution in [0.25, 0.3) is 0 Å². The Kier molecular flexibility index (Phi) is 2.83. The standard InChI is InChI=1S/C10H9BrF2O/c11-9-5-14-2-1-7-8(9)3-6(12)4-10(7)13/h3-4,9H,1-2,5H2. The molecule has 1 aliphatic heterocycles. The Morgan fingerprint density at radius 2 is 2.14 bits per heavy atom. The fourth-order valence-electron chi connectivity index (χ4n) is 1.62. The van der Waals surface area contributed by atoms with Gasteiger partial charge < -0.3 is 4.74 Å². The van der Waals surface area contributed by atoms with Crippen molar-refractivity contribution >= 4 is 15.9 Å². The molecule has 0 radical (unpaired) electrons. The molecule has 2 rings (SSSR count). The zero-order valence-electron chi connectivity index (χ0n) is 7.40. The average molecular weight is 263 g/mol. The summed E-state index contributed by atoms with van der Waals surface area (Å²) in [5.74, 6) is -1.01. The number of benzene rings is 1. The molecular formula is C10H9BrF2O. The van der Waals surface area contributed by atoms with E-state index in [2.05, 4.69) is 15.9 Å². The lowest BCUT2D eigenvalue weighted by Gasteiger charge is -2.10. The molecule has 1 nitrogen and oxygen atoms in total. The smallest absolute Gasteiger partial charge is 0.129 e. The fourth-order valence-corrected chi connectivity index (χ4v) is 2.21. The highest BCUT2D eigenvalue weighted by molar-refractivity contribution is 9.09. The molecular weight excluding hydrogens is 254 g/mol. The molecule has 0 aromatic heterocycles. The van der Waals surface area contributed by atoms with Gasteiger partial charge in [0.2, 0.25) is 0 Å². The van der Waals surface area contributed by atoms with Gasteiger partial charge in [0.05, 0.1) is 18.0 Å². The van der Waals surface area contributed by atoms with Crippen LogP contribution in [0.5, 0.6) is 0 Å². The van der Waals surface area contributed by atoms with E-state index in [0.717, 1.165) is 6.07 Å². The van der Waals surface area contributed by atoms with Gasteiger partial charge in [0.25, 0.3) is 0 Å². The first kappa shape index (κ1) is 10.1.